The highest BCUT2D eigenvalue weighted by Gasteiger charge is 2.20. The molecule has 4 nitrogen and oxygen atoms in total. The number of benzene rings is 1. The molecule has 0 radical (unpaired) electrons. The molecule has 1 atom stereocenters. The first-order chi connectivity index (χ1) is 9.10. The summed E-state index contributed by atoms with van der Waals surface area (Å²) in [5, 5.41) is 12.5. The summed E-state index contributed by atoms with van der Waals surface area (Å²) in [5.41, 5.74) is -0.254. The monoisotopic (exact) mass is 302 g/mol. The molecule has 6 heteroatoms. The first kappa shape index (κ1) is 16.7. The molecule has 0 saturated heterocycles. The average molecular weight is 303 g/mol. The van der Waals surface area contributed by atoms with E-state index >= 15 is 0 Å². The number of carbonyl (C=O) groups excluding carboxylic acids is 1. The fourth-order valence-corrected chi connectivity index (χ4v) is 2.00. The third-order valence-corrected chi connectivity index (χ3v) is 3.04. The summed E-state index contributed by atoms with van der Waals surface area (Å²) in [6.45, 7) is 5.23. The Bertz CT molecular complexity index is 489. The number of likely N-dealkylation sites (N-methyl/N-ethyl adjacent to an activating group) is 1. The van der Waals surface area contributed by atoms with Gasteiger partial charge >= 0.3 is 6.03 Å². The van der Waals surface area contributed by atoms with E-state index < -0.39 is 11.4 Å². The number of urea groups is 1. The average Bonchev–Trinajstić information content (AvgIpc) is 2.30. The number of aliphatic hydroxyl groups is 1. The second-order valence-corrected chi connectivity index (χ2v) is 5.92. The van der Waals surface area contributed by atoms with E-state index in [1.165, 1.54) is 17.0 Å². The molecular weight excluding hydrogens is 283 g/mol. The lowest BCUT2D eigenvalue weighted by Gasteiger charge is -2.27. The number of nitrogens with zero attached hydrogens (tertiary/aromatic N) is 1. The number of nitrogens with one attached hydrogen (secondary N) is 1. The maximum atomic E-state index is 13.1. The Morgan fingerprint density at radius 2 is 2.15 bits per heavy atom. The zero-order valence-corrected chi connectivity index (χ0v) is 12.8. The minimum atomic E-state index is -0.964. The second-order valence-electron chi connectivity index (χ2n) is 5.51. The van der Waals surface area contributed by atoms with Crippen LogP contribution in [-0.2, 0) is 0 Å². The summed E-state index contributed by atoms with van der Waals surface area (Å²) in [6.07, 6.45) is 0. The van der Waals surface area contributed by atoms with Gasteiger partial charge in [0.25, 0.3) is 0 Å². The van der Waals surface area contributed by atoms with Gasteiger partial charge in [0.05, 0.1) is 23.2 Å². The minimum absolute atomic E-state index is 0.0217. The summed E-state index contributed by atoms with van der Waals surface area (Å²) < 4.78 is 13.1. The molecule has 2 amide bonds. The van der Waals surface area contributed by atoms with Gasteiger partial charge in [-0.3, -0.25) is 0 Å². The minimum Gasteiger partial charge on any atom is -0.389 e. The van der Waals surface area contributed by atoms with Gasteiger partial charge in [-0.05, 0) is 38.5 Å². The van der Waals surface area contributed by atoms with E-state index in [-0.39, 0.29) is 23.6 Å². The van der Waals surface area contributed by atoms with Gasteiger partial charge in [-0.25, -0.2) is 9.18 Å². The fraction of sp³-hybridized carbons (Fsp3) is 0.500. The molecule has 0 bridgehead atoms. The zero-order valence-electron chi connectivity index (χ0n) is 12.1. The van der Waals surface area contributed by atoms with Crippen molar-refractivity contribution in [3.8, 4) is 0 Å². The smallest absolute Gasteiger partial charge is 0.317 e. The van der Waals surface area contributed by atoms with Crippen molar-refractivity contribution < 1.29 is 14.3 Å². The molecule has 0 aliphatic heterocycles. The first-order valence-electron chi connectivity index (χ1n) is 6.29. The van der Waals surface area contributed by atoms with Crippen molar-refractivity contribution in [3.63, 3.8) is 0 Å². The Hall–Kier alpha value is -1.33. The lowest BCUT2D eigenvalue weighted by atomic mass is 10.1. The lowest BCUT2D eigenvalue weighted by Crippen LogP contribution is -2.45. The normalized spacial score (nSPS) is 12.9. The van der Waals surface area contributed by atoms with Gasteiger partial charge in [-0.1, -0.05) is 17.7 Å². The molecule has 0 heterocycles. The maximum Gasteiger partial charge on any atom is 0.317 e. The molecule has 20 heavy (non-hydrogen) atoms. The Labute approximate surface area is 123 Å². The van der Waals surface area contributed by atoms with Crippen molar-refractivity contribution in [1.29, 1.82) is 0 Å². The van der Waals surface area contributed by atoms with Crippen LogP contribution in [0.25, 0.3) is 0 Å². The van der Waals surface area contributed by atoms with Crippen LogP contribution in [-0.4, -0.2) is 35.2 Å². The number of carbonyl (C=O) groups is 1. The summed E-state index contributed by atoms with van der Waals surface area (Å²) >= 11 is 5.71. The molecule has 0 spiro atoms. The van der Waals surface area contributed by atoms with Crippen molar-refractivity contribution in [1.82, 2.24) is 10.2 Å². The summed E-state index contributed by atoms with van der Waals surface area (Å²) in [6, 6.07) is 3.69. The molecule has 1 aromatic rings. The van der Waals surface area contributed by atoms with E-state index in [1.807, 2.05) is 0 Å². The van der Waals surface area contributed by atoms with E-state index in [1.54, 1.807) is 33.9 Å². The Morgan fingerprint density at radius 3 is 2.65 bits per heavy atom. The zero-order chi connectivity index (χ0) is 15.5. The molecule has 0 saturated carbocycles. The highest BCUT2D eigenvalue weighted by molar-refractivity contribution is 6.30. The van der Waals surface area contributed by atoms with Crippen LogP contribution in [0.2, 0.25) is 5.02 Å². The number of hydrogen-bond donors (Lipinski definition) is 2. The second kappa shape index (κ2) is 6.41. The van der Waals surface area contributed by atoms with Crippen molar-refractivity contribution in [2.45, 2.75) is 32.4 Å². The van der Waals surface area contributed by atoms with Crippen LogP contribution in [0, 0.1) is 5.82 Å². The Morgan fingerprint density at radius 1 is 1.55 bits per heavy atom. The molecular formula is C14H20ClFN2O2. The topological polar surface area (TPSA) is 52.6 Å². The number of rotatable bonds is 4. The molecule has 1 rings (SSSR count). The van der Waals surface area contributed by atoms with Crippen molar-refractivity contribution >= 4 is 17.6 Å². The van der Waals surface area contributed by atoms with Crippen LogP contribution in [0.1, 0.15) is 32.4 Å². The summed E-state index contributed by atoms with van der Waals surface area (Å²) in [7, 11) is 1.59. The number of amides is 2. The predicted molar refractivity (Wildman–Crippen MR) is 77.3 cm³/mol. The van der Waals surface area contributed by atoms with E-state index in [4.69, 9.17) is 11.6 Å². The van der Waals surface area contributed by atoms with E-state index in [9.17, 15) is 14.3 Å². The molecule has 0 aliphatic rings. The van der Waals surface area contributed by atoms with E-state index in [0.29, 0.717) is 5.56 Å². The van der Waals surface area contributed by atoms with Crippen molar-refractivity contribution in [3.05, 3.63) is 34.6 Å². The quantitative estimate of drug-likeness (QED) is 0.898. The standard InChI is InChI=1S/C14H20ClFN2O2/c1-9(10-5-6-12(16)11(15)7-10)17-13(19)18(4)8-14(2,3)20/h5-7,9,20H,8H2,1-4H3,(H,17,19). The van der Waals surface area contributed by atoms with Gasteiger partial charge < -0.3 is 15.3 Å². The van der Waals surface area contributed by atoms with Gasteiger partial charge in [0.1, 0.15) is 5.82 Å². The van der Waals surface area contributed by atoms with Crippen LogP contribution >= 0.6 is 11.6 Å². The van der Waals surface area contributed by atoms with Crippen LogP contribution in [0.5, 0.6) is 0 Å². The number of halogens is 2. The lowest BCUT2D eigenvalue weighted by molar-refractivity contribution is 0.0528. The van der Waals surface area contributed by atoms with Gasteiger partial charge in [0, 0.05) is 7.05 Å². The predicted octanol–water partition coefficient (Wildman–Crippen LogP) is 2.95. The van der Waals surface area contributed by atoms with Crippen LogP contribution in [0.4, 0.5) is 9.18 Å². The van der Waals surface area contributed by atoms with Crippen LogP contribution in [0.3, 0.4) is 0 Å². The first-order valence-corrected chi connectivity index (χ1v) is 6.67. The highest BCUT2D eigenvalue weighted by atomic mass is 35.5. The SMILES string of the molecule is CC(NC(=O)N(C)CC(C)(C)O)c1ccc(F)c(Cl)c1. The van der Waals surface area contributed by atoms with Crippen molar-refractivity contribution in [2.75, 3.05) is 13.6 Å². The molecule has 0 fully saturated rings. The molecule has 0 aliphatic carbocycles. The Balaban J connectivity index is 2.67. The fourth-order valence-electron chi connectivity index (χ4n) is 1.81. The van der Waals surface area contributed by atoms with E-state index in [0.717, 1.165) is 0 Å². The van der Waals surface area contributed by atoms with E-state index in [2.05, 4.69) is 5.32 Å². The molecule has 2 N–H and O–H groups in total. The van der Waals surface area contributed by atoms with Gasteiger partial charge in [-0.2, -0.15) is 0 Å². The number of hydrogen-bond acceptors (Lipinski definition) is 2. The van der Waals surface area contributed by atoms with Crippen LogP contribution < -0.4 is 5.32 Å². The van der Waals surface area contributed by atoms with Crippen molar-refractivity contribution in [2.24, 2.45) is 0 Å². The molecule has 0 aromatic heterocycles. The molecule has 1 unspecified atom stereocenters. The van der Waals surface area contributed by atoms with Gasteiger partial charge in [0.15, 0.2) is 0 Å². The highest BCUT2D eigenvalue weighted by Crippen LogP contribution is 2.20. The van der Waals surface area contributed by atoms with Gasteiger partial charge in [0.2, 0.25) is 0 Å². The summed E-state index contributed by atoms with van der Waals surface area (Å²) in [4.78, 5) is 13.3. The summed E-state index contributed by atoms with van der Waals surface area (Å²) in [5.74, 6) is -0.493. The molecule has 1 aromatic carbocycles. The largest absolute Gasteiger partial charge is 0.389 e. The third kappa shape index (κ3) is 4.98. The third-order valence-electron chi connectivity index (χ3n) is 2.75. The maximum absolute atomic E-state index is 13.1. The van der Waals surface area contributed by atoms with Crippen LogP contribution in [0.15, 0.2) is 18.2 Å². The van der Waals surface area contributed by atoms with Gasteiger partial charge in [-0.15, -0.1) is 0 Å². The Kier molecular flexibility index (Phi) is 5.36. The molecule has 112 valence electrons.